The average Bonchev–Trinajstić information content (AvgIpc) is 2.88. The third-order valence-corrected chi connectivity index (χ3v) is 8.43. The molecule has 208 valence electrons. The lowest BCUT2D eigenvalue weighted by Gasteiger charge is -2.33. The minimum Gasteiger partial charge on any atom is -0.355 e. The standard InChI is InChI=1S/C30H36ClN3O4S/c1-6-28(30(36)32-7-2)33(19-24-10-12-25(31)13-11-24)29(35)20-34(26-17-22(4)16-23(5)18-26)39(37,38)27-14-8-21(3)9-15-27/h8-18,28H,6-7,19-20H2,1-5H3,(H,32,36). The second kappa shape index (κ2) is 13.1. The van der Waals surface area contributed by atoms with Gasteiger partial charge in [0, 0.05) is 18.1 Å². The average molecular weight is 570 g/mol. The van der Waals surface area contributed by atoms with Crippen molar-refractivity contribution in [3.8, 4) is 0 Å². The Morgan fingerprint density at radius 3 is 2.00 bits per heavy atom. The molecular formula is C30H36ClN3O4S. The fourth-order valence-electron chi connectivity index (χ4n) is 4.46. The molecule has 0 saturated heterocycles. The van der Waals surface area contributed by atoms with E-state index in [4.69, 9.17) is 11.6 Å². The summed E-state index contributed by atoms with van der Waals surface area (Å²) in [5.41, 5.74) is 3.82. The highest BCUT2D eigenvalue weighted by molar-refractivity contribution is 7.92. The van der Waals surface area contributed by atoms with Crippen molar-refractivity contribution in [2.75, 3.05) is 17.4 Å². The molecule has 3 rings (SSSR count). The zero-order chi connectivity index (χ0) is 28.7. The molecule has 0 aliphatic rings. The number of hydrogen-bond donors (Lipinski definition) is 1. The molecule has 0 spiro atoms. The van der Waals surface area contributed by atoms with Gasteiger partial charge in [-0.3, -0.25) is 13.9 Å². The Labute approximate surface area is 236 Å². The molecule has 3 aromatic carbocycles. The molecule has 1 unspecified atom stereocenters. The number of carbonyl (C=O) groups excluding carboxylic acids is 2. The molecule has 0 fully saturated rings. The summed E-state index contributed by atoms with van der Waals surface area (Å²) in [4.78, 5) is 28.6. The van der Waals surface area contributed by atoms with Crippen molar-refractivity contribution in [2.24, 2.45) is 0 Å². The Hall–Kier alpha value is -3.36. The largest absolute Gasteiger partial charge is 0.355 e. The van der Waals surface area contributed by atoms with E-state index >= 15 is 0 Å². The quantitative estimate of drug-likeness (QED) is 0.335. The molecule has 0 bridgehead atoms. The van der Waals surface area contributed by atoms with Gasteiger partial charge >= 0.3 is 0 Å². The fraction of sp³-hybridized carbons (Fsp3) is 0.333. The van der Waals surface area contributed by atoms with Gasteiger partial charge in [-0.25, -0.2) is 8.42 Å². The van der Waals surface area contributed by atoms with Crippen LogP contribution in [0.5, 0.6) is 0 Å². The molecule has 0 aliphatic heterocycles. The summed E-state index contributed by atoms with van der Waals surface area (Å²) in [6, 6.07) is 18.2. The molecule has 0 aliphatic carbocycles. The summed E-state index contributed by atoms with van der Waals surface area (Å²) in [6.45, 7) is 9.34. The van der Waals surface area contributed by atoms with E-state index in [2.05, 4.69) is 5.32 Å². The maximum atomic E-state index is 14.0. The minimum atomic E-state index is -4.11. The maximum absolute atomic E-state index is 14.0. The normalized spacial score (nSPS) is 12.1. The van der Waals surface area contributed by atoms with Crippen LogP contribution in [-0.2, 0) is 26.2 Å². The first-order valence-electron chi connectivity index (χ1n) is 13.0. The highest BCUT2D eigenvalue weighted by Gasteiger charge is 2.33. The van der Waals surface area contributed by atoms with E-state index in [9.17, 15) is 18.0 Å². The van der Waals surface area contributed by atoms with E-state index < -0.39 is 28.5 Å². The number of benzene rings is 3. The zero-order valence-electron chi connectivity index (χ0n) is 23.1. The van der Waals surface area contributed by atoms with E-state index in [1.54, 1.807) is 60.7 Å². The van der Waals surface area contributed by atoms with Gasteiger partial charge in [0.1, 0.15) is 12.6 Å². The fourth-order valence-corrected chi connectivity index (χ4v) is 5.98. The van der Waals surface area contributed by atoms with Crippen molar-refractivity contribution in [1.82, 2.24) is 10.2 Å². The van der Waals surface area contributed by atoms with E-state index in [1.165, 1.54) is 4.90 Å². The maximum Gasteiger partial charge on any atom is 0.264 e. The topological polar surface area (TPSA) is 86.8 Å². The number of amides is 2. The van der Waals surface area contributed by atoms with E-state index in [0.717, 1.165) is 26.6 Å². The number of hydrogen-bond acceptors (Lipinski definition) is 4. The third-order valence-electron chi connectivity index (χ3n) is 6.39. The van der Waals surface area contributed by atoms with Crippen LogP contribution >= 0.6 is 11.6 Å². The molecule has 0 aromatic heterocycles. The molecule has 7 nitrogen and oxygen atoms in total. The number of anilines is 1. The zero-order valence-corrected chi connectivity index (χ0v) is 24.6. The van der Waals surface area contributed by atoms with Crippen molar-refractivity contribution < 1.29 is 18.0 Å². The van der Waals surface area contributed by atoms with Crippen molar-refractivity contribution >= 4 is 39.1 Å². The van der Waals surface area contributed by atoms with Crippen molar-refractivity contribution in [3.63, 3.8) is 0 Å². The molecule has 1 N–H and O–H groups in total. The monoisotopic (exact) mass is 569 g/mol. The van der Waals surface area contributed by atoms with Crippen LogP contribution in [0.2, 0.25) is 5.02 Å². The number of nitrogens with zero attached hydrogens (tertiary/aromatic N) is 2. The summed E-state index contributed by atoms with van der Waals surface area (Å²) in [7, 11) is -4.11. The lowest BCUT2D eigenvalue weighted by molar-refractivity contribution is -0.140. The van der Waals surface area contributed by atoms with Gasteiger partial charge in [-0.15, -0.1) is 0 Å². The van der Waals surface area contributed by atoms with Gasteiger partial charge in [0.2, 0.25) is 11.8 Å². The Morgan fingerprint density at radius 2 is 1.46 bits per heavy atom. The van der Waals surface area contributed by atoms with Gasteiger partial charge in [0.15, 0.2) is 0 Å². The molecule has 9 heteroatoms. The summed E-state index contributed by atoms with van der Waals surface area (Å²) in [5, 5.41) is 3.36. The number of rotatable bonds is 11. The molecule has 0 heterocycles. The molecule has 1 atom stereocenters. The highest BCUT2D eigenvalue weighted by atomic mass is 35.5. The third kappa shape index (κ3) is 7.61. The lowest BCUT2D eigenvalue weighted by atomic mass is 10.1. The highest BCUT2D eigenvalue weighted by Crippen LogP contribution is 2.27. The van der Waals surface area contributed by atoms with Gasteiger partial charge in [-0.1, -0.05) is 54.4 Å². The van der Waals surface area contributed by atoms with Crippen LogP contribution in [0.1, 0.15) is 42.5 Å². The number of nitrogens with one attached hydrogen (secondary N) is 1. The van der Waals surface area contributed by atoms with Crippen LogP contribution < -0.4 is 9.62 Å². The summed E-state index contributed by atoms with van der Waals surface area (Å²) in [5.74, 6) is -0.778. The molecule has 0 radical (unpaired) electrons. The summed E-state index contributed by atoms with van der Waals surface area (Å²) in [6.07, 6.45) is 0.361. The lowest BCUT2D eigenvalue weighted by Crippen LogP contribution is -2.52. The molecule has 3 aromatic rings. The Kier molecular flexibility index (Phi) is 10.2. The Morgan fingerprint density at radius 1 is 0.872 bits per heavy atom. The smallest absolute Gasteiger partial charge is 0.264 e. The first kappa shape index (κ1) is 30.2. The van der Waals surface area contributed by atoms with Gasteiger partial charge in [0.25, 0.3) is 10.0 Å². The minimum absolute atomic E-state index is 0.0834. The van der Waals surface area contributed by atoms with E-state index in [-0.39, 0.29) is 17.3 Å². The number of likely N-dealkylation sites (N-methyl/N-ethyl adjacent to an activating group) is 1. The second-order valence-corrected chi connectivity index (χ2v) is 11.9. The number of carbonyl (C=O) groups is 2. The van der Waals surface area contributed by atoms with Gasteiger partial charge in [0.05, 0.1) is 10.6 Å². The van der Waals surface area contributed by atoms with E-state index in [0.29, 0.717) is 23.7 Å². The number of halogens is 1. The molecular weight excluding hydrogens is 534 g/mol. The van der Waals surface area contributed by atoms with Crippen LogP contribution in [0.25, 0.3) is 0 Å². The van der Waals surface area contributed by atoms with Crippen molar-refractivity contribution in [1.29, 1.82) is 0 Å². The van der Waals surface area contributed by atoms with Crippen molar-refractivity contribution in [3.05, 3.63) is 94.0 Å². The predicted molar refractivity (Wildman–Crippen MR) is 156 cm³/mol. The summed E-state index contributed by atoms with van der Waals surface area (Å²) < 4.78 is 29.1. The predicted octanol–water partition coefficient (Wildman–Crippen LogP) is 5.40. The molecule has 0 saturated carbocycles. The first-order valence-corrected chi connectivity index (χ1v) is 14.8. The van der Waals surface area contributed by atoms with Crippen LogP contribution in [-0.4, -0.2) is 44.3 Å². The SMILES string of the molecule is CCNC(=O)C(CC)N(Cc1ccc(Cl)cc1)C(=O)CN(c1cc(C)cc(C)c1)S(=O)(=O)c1ccc(C)cc1. The number of sulfonamides is 1. The van der Waals surface area contributed by atoms with Crippen LogP contribution in [0.15, 0.2) is 71.6 Å². The molecule has 39 heavy (non-hydrogen) atoms. The number of aryl methyl sites for hydroxylation is 3. The van der Waals surface area contributed by atoms with Gasteiger partial charge in [-0.05, 0) is 87.2 Å². The first-order chi connectivity index (χ1) is 18.5. The van der Waals surface area contributed by atoms with Crippen LogP contribution in [0.3, 0.4) is 0 Å². The van der Waals surface area contributed by atoms with Crippen LogP contribution in [0, 0.1) is 20.8 Å². The Balaban J connectivity index is 2.09. The second-order valence-electron chi connectivity index (χ2n) is 9.64. The van der Waals surface area contributed by atoms with E-state index in [1.807, 2.05) is 40.7 Å². The van der Waals surface area contributed by atoms with Gasteiger partial charge < -0.3 is 10.2 Å². The molecule has 2 amide bonds. The summed E-state index contributed by atoms with van der Waals surface area (Å²) >= 11 is 6.05. The Bertz CT molecular complexity index is 1390. The van der Waals surface area contributed by atoms with Crippen LogP contribution in [0.4, 0.5) is 5.69 Å². The van der Waals surface area contributed by atoms with Crippen molar-refractivity contribution in [2.45, 2.75) is 58.5 Å². The van der Waals surface area contributed by atoms with Gasteiger partial charge in [-0.2, -0.15) is 0 Å².